The van der Waals surface area contributed by atoms with Gasteiger partial charge < -0.3 is 15.1 Å². The molecule has 1 saturated heterocycles. The second-order valence-electron chi connectivity index (χ2n) is 7.15. The van der Waals surface area contributed by atoms with Crippen molar-refractivity contribution in [2.24, 2.45) is 0 Å². The molecule has 8 nitrogen and oxygen atoms in total. The van der Waals surface area contributed by atoms with Crippen molar-refractivity contribution in [3.63, 3.8) is 0 Å². The molecule has 0 saturated carbocycles. The van der Waals surface area contributed by atoms with Gasteiger partial charge in [-0.3, -0.25) is 24.1 Å². The van der Waals surface area contributed by atoms with Crippen LogP contribution >= 0.6 is 23.4 Å². The molecular weight excluding hydrogens is 478 g/mol. The van der Waals surface area contributed by atoms with Crippen LogP contribution in [0.2, 0.25) is 5.02 Å². The van der Waals surface area contributed by atoms with Crippen LogP contribution in [-0.4, -0.2) is 41.0 Å². The molecule has 4 amide bonds. The van der Waals surface area contributed by atoms with E-state index in [1.807, 2.05) is 0 Å². The molecular formula is C24H18ClN3O5S. The van der Waals surface area contributed by atoms with Gasteiger partial charge in [-0.1, -0.05) is 23.7 Å². The second-order valence-corrected chi connectivity index (χ2v) is 8.58. The summed E-state index contributed by atoms with van der Waals surface area (Å²) in [7, 11) is 0. The van der Waals surface area contributed by atoms with Crippen molar-refractivity contribution in [3.05, 3.63) is 93.7 Å². The summed E-state index contributed by atoms with van der Waals surface area (Å²) in [5, 5.41) is 5.54. The van der Waals surface area contributed by atoms with Gasteiger partial charge in [0.2, 0.25) is 0 Å². The highest BCUT2D eigenvalue weighted by atomic mass is 35.5. The van der Waals surface area contributed by atoms with Gasteiger partial charge in [0.15, 0.2) is 5.76 Å². The Morgan fingerprint density at radius 2 is 1.74 bits per heavy atom. The molecule has 1 aromatic heterocycles. The van der Waals surface area contributed by atoms with Crippen LogP contribution in [0.5, 0.6) is 0 Å². The van der Waals surface area contributed by atoms with E-state index in [-0.39, 0.29) is 24.8 Å². The molecule has 0 aliphatic carbocycles. The van der Waals surface area contributed by atoms with Gasteiger partial charge in [0.25, 0.3) is 23.0 Å². The van der Waals surface area contributed by atoms with E-state index in [4.69, 9.17) is 16.0 Å². The molecule has 0 radical (unpaired) electrons. The van der Waals surface area contributed by atoms with E-state index >= 15 is 0 Å². The number of rotatable bonds is 7. The minimum absolute atomic E-state index is 0.0473. The molecule has 2 N–H and O–H groups in total. The first-order valence-corrected chi connectivity index (χ1v) is 11.3. The molecule has 1 aliphatic heterocycles. The first-order chi connectivity index (χ1) is 16.4. The first-order valence-electron chi connectivity index (χ1n) is 10.1. The summed E-state index contributed by atoms with van der Waals surface area (Å²) < 4.78 is 5.03. The number of furan rings is 1. The zero-order chi connectivity index (χ0) is 24.1. The third-order valence-electron chi connectivity index (χ3n) is 4.81. The van der Waals surface area contributed by atoms with Crippen molar-refractivity contribution < 1.29 is 23.6 Å². The lowest BCUT2D eigenvalue weighted by molar-refractivity contribution is -0.122. The summed E-state index contributed by atoms with van der Waals surface area (Å²) in [4.78, 5) is 50.6. The molecule has 0 atom stereocenters. The third-order valence-corrected chi connectivity index (χ3v) is 5.97. The number of hydrogen-bond donors (Lipinski definition) is 2. The number of halogens is 1. The van der Waals surface area contributed by atoms with Crippen molar-refractivity contribution >= 4 is 58.1 Å². The van der Waals surface area contributed by atoms with Gasteiger partial charge in [0.05, 0.1) is 11.2 Å². The Bertz CT molecular complexity index is 1250. The number of carbonyl (C=O) groups excluding carboxylic acids is 4. The number of nitrogens with zero attached hydrogens (tertiary/aromatic N) is 1. The van der Waals surface area contributed by atoms with Gasteiger partial charge >= 0.3 is 0 Å². The SMILES string of the molecule is O=C(NCCN1C(=O)SC(=Cc2ccc(Cl)cc2)C1=O)c1ccc(NC(=O)c2ccco2)cc1. The smallest absolute Gasteiger partial charge is 0.293 e. The lowest BCUT2D eigenvalue weighted by Crippen LogP contribution is -2.37. The van der Waals surface area contributed by atoms with Gasteiger partial charge in [-0.2, -0.15) is 0 Å². The summed E-state index contributed by atoms with van der Waals surface area (Å²) in [6, 6.07) is 16.4. The minimum atomic E-state index is -0.407. The number of thioether (sulfide) groups is 1. The molecule has 3 aromatic rings. The van der Waals surface area contributed by atoms with Gasteiger partial charge in [0, 0.05) is 29.4 Å². The Morgan fingerprint density at radius 1 is 1.00 bits per heavy atom. The molecule has 0 spiro atoms. The van der Waals surface area contributed by atoms with Crippen LogP contribution in [0.4, 0.5) is 10.5 Å². The van der Waals surface area contributed by atoms with Crippen molar-refractivity contribution in [2.45, 2.75) is 0 Å². The third kappa shape index (κ3) is 5.56. The molecule has 1 fully saturated rings. The Morgan fingerprint density at radius 3 is 2.41 bits per heavy atom. The largest absolute Gasteiger partial charge is 0.459 e. The fourth-order valence-corrected chi connectivity index (χ4v) is 4.08. The number of carbonyl (C=O) groups is 4. The molecule has 0 bridgehead atoms. The summed E-state index contributed by atoms with van der Waals surface area (Å²) >= 11 is 6.72. The fraction of sp³-hybridized carbons (Fsp3) is 0.0833. The first kappa shape index (κ1) is 23.3. The number of nitrogens with one attached hydrogen (secondary N) is 2. The minimum Gasteiger partial charge on any atom is -0.459 e. The number of hydrogen-bond acceptors (Lipinski definition) is 6. The highest BCUT2D eigenvalue weighted by molar-refractivity contribution is 8.18. The van der Waals surface area contributed by atoms with E-state index in [1.165, 1.54) is 6.26 Å². The highest BCUT2D eigenvalue weighted by Gasteiger charge is 2.34. The van der Waals surface area contributed by atoms with E-state index in [2.05, 4.69) is 10.6 Å². The van der Waals surface area contributed by atoms with Crippen molar-refractivity contribution in [1.82, 2.24) is 10.2 Å². The average Bonchev–Trinajstić information content (AvgIpc) is 3.46. The fourth-order valence-electron chi connectivity index (χ4n) is 3.09. The van der Waals surface area contributed by atoms with Crippen LogP contribution < -0.4 is 10.6 Å². The van der Waals surface area contributed by atoms with Crippen LogP contribution in [0, 0.1) is 0 Å². The van der Waals surface area contributed by atoms with Crippen LogP contribution in [0.25, 0.3) is 6.08 Å². The zero-order valence-corrected chi connectivity index (χ0v) is 19.2. The maximum Gasteiger partial charge on any atom is 0.293 e. The van der Waals surface area contributed by atoms with Gasteiger partial charge in [-0.05, 0) is 71.9 Å². The van der Waals surface area contributed by atoms with E-state index in [1.54, 1.807) is 66.7 Å². The molecule has 1 aliphatic rings. The number of amides is 4. The van der Waals surface area contributed by atoms with Crippen molar-refractivity contribution in [3.8, 4) is 0 Å². The van der Waals surface area contributed by atoms with Crippen LogP contribution in [0.3, 0.4) is 0 Å². The number of anilines is 1. The van der Waals surface area contributed by atoms with E-state index in [0.29, 0.717) is 21.2 Å². The Labute approximate surface area is 203 Å². The van der Waals surface area contributed by atoms with Crippen LogP contribution in [0.15, 0.2) is 76.2 Å². The predicted octanol–water partition coefficient (Wildman–Crippen LogP) is 4.65. The van der Waals surface area contributed by atoms with E-state index in [9.17, 15) is 19.2 Å². The summed E-state index contributed by atoms with van der Waals surface area (Å²) in [5.74, 6) is -0.995. The van der Waals surface area contributed by atoms with Crippen LogP contribution in [-0.2, 0) is 4.79 Å². The molecule has 0 unspecified atom stereocenters. The maximum atomic E-state index is 12.6. The van der Waals surface area contributed by atoms with Crippen molar-refractivity contribution in [1.29, 1.82) is 0 Å². The average molecular weight is 496 g/mol. The second kappa shape index (κ2) is 10.4. The number of imide groups is 1. The normalized spacial score (nSPS) is 14.5. The Hall–Kier alpha value is -3.82. The standard InChI is InChI=1S/C24H18ClN3O5S/c25-17-7-3-15(4-8-17)14-20-23(31)28(24(32)34-20)12-11-26-21(29)16-5-9-18(10-6-16)27-22(30)19-2-1-13-33-19/h1-10,13-14H,11-12H2,(H,26,29)(H,27,30). The summed E-state index contributed by atoms with van der Waals surface area (Å²) in [6.45, 7) is 0.147. The van der Waals surface area contributed by atoms with Gasteiger partial charge in [-0.25, -0.2) is 0 Å². The Kier molecular flexibility index (Phi) is 7.15. The van der Waals surface area contributed by atoms with Crippen molar-refractivity contribution in [2.75, 3.05) is 18.4 Å². The molecule has 4 rings (SSSR count). The highest BCUT2D eigenvalue weighted by Crippen LogP contribution is 2.32. The molecule has 10 heteroatoms. The molecule has 34 heavy (non-hydrogen) atoms. The number of benzene rings is 2. The lowest BCUT2D eigenvalue weighted by atomic mass is 10.2. The molecule has 2 aromatic carbocycles. The van der Waals surface area contributed by atoms with Crippen LogP contribution in [0.1, 0.15) is 26.5 Å². The molecule has 2 heterocycles. The summed E-state index contributed by atoms with van der Waals surface area (Å²) in [6.07, 6.45) is 3.03. The van der Waals surface area contributed by atoms with Gasteiger partial charge in [-0.15, -0.1) is 0 Å². The topological polar surface area (TPSA) is 109 Å². The predicted molar refractivity (Wildman–Crippen MR) is 130 cm³/mol. The summed E-state index contributed by atoms with van der Waals surface area (Å²) in [5.41, 5.74) is 1.63. The van der Waals surface area contributed by atoms with Gasteiger partial charge in [0.1, 0.15) is 0 Å². The lowest BCUT2D eigenvalue weighted by Gasteiger charge is -2.13. The quantitative estimate of drug-likeness (QED) is 0.462. The molecule has 172 valence electrons. The monoisotopic (exact) mass is 495 g/mol. The Balaban J connectivity index is 1.28. The van der Waals surface area contributed by atoms with E-state index in [0.717, 1.165) is 22.2 Å². The maximum absolute atomic E-state index is 12.6. The van der Waals surface area contributed by atoms with E-state index < -0.39 is 17.1 Å². The zero-order valence-electron chi connectivity index (χ0n) is 17.6.